The molecule has 11 heavy (non-hydrogen) atoms. The highest BCUT2D eigenvalue weighted by Gasteiger charge is 1.99. The summed E-state index contributed by atoms with van der Waals surface area (Å²) >= 11 is 0. The molecule has 0 atom stereocenters. The standard InChI is InChI=1S/C9H22N2.H2/c1-4-7-11(8-5-2)9-6-10-3;/h10H,4-9H2,1-3H3;1H. The van der Waals surface area contributed by atoms with E-state index in [4.69, 9.17) is 0 Å². The molecular weight excluding hydrogens is 136 g/mol. The lowest BCUT2D eigenvalue weighted by Gasteiger charge is -2.20. The van der Waals surface area contributed by atoms with Crippen LogP contribution in [0.15, 0.2) is 0 Å². The molecule has 0 aromatic carbocycles. The van der Waals surface area contributed by atoms with Gasteiger partial charge in [-0.15, -0.1) is 0 Å². The predicted molar refractivity (Wildman–Crippen MR) is 53.1 cm³/mol. The van der Waals surface area contributed by atoms with Gasteiger partial charge >= 0.3 is 0 Å². The minimum Gasteiger partial charge on any atom is -0.318 e. The molecule has 0 unspecified atom stereocenters. The first-order chi connectivity index (χ1) is 5.35. The number of nitrogens with one attached hydrogen (secondary N) is 1. The summed E-state index contributed by atoms with van der Waals surface area (Å²) in [5.41, 5.74) is 0. The van der Waals surface area contributed by atoms with E-state index in [1.54, 1.807) is 0 Å². The second-order valence-electron chi connectivity index (χ2n) is 2.95. The highest BCUT2D eigenvalue weighted by Crippen LogP contribution is 1.92. The average Bonchev–Trinajstić information content (AvgIpc) is 2.01. The van der Waals surface area contributed by atoms with Crippen LogP contribution in [-0.4, -0.2) is 38.1 Å². The van der Waals surface area contributed by atoms with Crippen LogP contribution in [0.3, 0.4) is 0 Å². The lowest BCUT2D eigenvalue weighted by Crippen LogP contribution is -2.32. The summed E-state index contributed by atoms with van der Waals surface area (Å²) in [6, 6.07) is 0. The summed E-state index contributed by atoms with van der Waals surface area (Å²) in [7, 11) is 2.01. The summed E-state index contributed by atoms with van der Waals surface area (Å²) in [5, 5.41) is 3.17. The molecule has 0 aromatic heterocycles. The first-order valence-electron chi connectivity index (χ1n) is 4.72. The van der Waals surface area contributed by atoms with Gasteiger partial charge in [0.25, 0.3) is 0 Å². The number of nitrogens with zero attached hydrogens (tertiary/aromatic N) is 1. The average molecular weight is 160 g/mol. The van der Waals surface area contributed by atoms with Crippen LogP contribution in [0.25, 0.3) is 0 Å². The fourth-order valence-electron chi connectivity index (χ4n) is 1.24. The van der Waals surface area contributed by atoms with Crippen molar-refractivity contribution >= 4 is 0 Å². The van der Waals surface area contributed by atoms with Crippen LogP contribution in [0.5, 0.6) is 0 Å². The Morgan fingerprint density at radius 3 is 2.00 bits per heavy atom. The molecule has 0 amide bonds. The Balaban J connectivity index is 0. The van der Waals surface area contributed by atoms with Gasteiger partial charge in [0.15, 0.2) is 0 Å². The molecule has 0 spiro atoms. The Morgan fingerprint density at radius 2 is 1.64 bits per heavy atom. The summed E-state index contributed by atoms with van der Waals surface area (Å²) in [5.74, 6) is 0. The van der Waals surface area contributed by atoms with E-state index in [0.717, 1.165) is 6.54 Å². The molecule has 0 rings (SSSR count). The SMILES string of the molecule is CCCN(CCC)CCNC.[HH]. The predicted octanol–water partition coefficient (Wildman–Crippen LogP) is 1.57. The fraction of sp³-hybridized carbons (Fsp3) is 1.00. The summed E-state index contributed by atoms with van der Waals surface area (Å²) in [6.45, 7) is 9.27. The van der Waals surface area contributed by atoms with Gasteiger partial charge < -0.3 is 10.2 Å². The van der Waals surface area contributed by atoms with E-state index in [0.29, 0.717) is 0 Å². The van der Waals surface area contributed by atoms with Crippen LogP contribution in [0.1, 0.15) is 28.1 Å². The number of hydrogen-bond acceptors (Lipinski definition) is 2. The van der Waals surface area contributed by atoms with Crippen LogP contribution >= 0.6 is 0 Å². The van der Waals surface area contributed by atoms with Gasteiger partial charge in [-0.25, -0.2) is 0 Å². The van der Waals surface area contributed by atoms with Crippen molar-refractivity contribution in [2.75, 3.05) is 33.2 Å². The van der Waals surface area contributed by atoms with Crippen LogP contribution in [0.4, 0.5) is 0 Å². The Kier molecular flexibility index (Phi) is 7.96. The maximum atomic E-state index is 3.17. The third-order valence-electron chi connectivity index (χ3n) is 1.76. The van der Waals surface area contributed by atoms with Crippen molar-refractivity contribution in [3.8, 4) is 0 Å². The molecule has 0 saturated carbocycles. The van der Waals surface area contributed by atoms with Gasteiger partial charge in [0.2, 0.25) is 0 Å². The maximum absolute atomic E-state index is 3.17. The van der Waals surface area contributed by atoms with Crippen LogP contribution < -0.4 is 5.32 Å². The highest BCUT2D eigenvalue weighted by atomic mass is 15.1. The van der Waals surface area contributed by atoms with Crippen molar-refractivity contribution in [1.82, 2.24) is 10.2 Å². The molecule has 0 bridgehead atoms. The van der Waals surface area contributed by atoms with E-state index >= 15 is 0 Å². The van der Waals surface area contributed by atoms with Crippen molar-refractivity contribution in [2.45, 2.75) is 26.7 Å². The monoisotopic (exact) mass is 160 g/mol. The van der Waals surface area contributed by atoms with E-state index in [1.807, 2.05) is 7.05 Å². The quantitative estimate of drug-likeness (QED) is 0.608. The molecule has 2 nitrogen and oxygen atoms in total. The molecule has 0 fully saturated rings. The first kappa shape index (κ1) is 10.9. The second kappa shape index (κ2) is 8.02. The third kappa shape index (κ3) is 6.32. The lowest BCUT2D eigenvalue weighted by atomic mass is 10.3. The molecule has 0 aliphatic rings. The minimum atomic E-state index is 0. The van der Waals surface area contributed by atoms with E-state index in [-0.39, 0.29) is 1.43 Å². The Bertz CT molecular complexity index is 72.9. The lowest BCUT2D eigenvalue weighted by molar-refractivity contribution is 0.276. The normalized spacial score (nSPS) is 10.9. The molecule has 0 aromatic rings. The summed E-state index contributed by atoms with van der Waals surface area (Å²) in [4.78, 5) is 2.51. The van der Waals surface area contributed by atoms with E-state index in [1.165, 1.54) is 32.5 Å². The van der Waals surface area contributed by atoms with Gasteiger partial charge in [-0.3, -0.25) is 0 Å². The summed E-state index contributed by atoms with van der Waals surface area (Å²) in [6.07, 6.45) is 2.54. The van der Waals surface area contributed by atoms with Crippen LogP contribution in [0.2, 0.25) is 0 Å². The minimum absolute atomic E-state index is 0. The van der Waals surface area contributed by atoms with E-state index in [9.17, 15) is 0 Å². The van der Waals surface area contributed by atoms with Crippen molar-refractivity contribution in [3.05, 3.63) is 0 Å². The number of likely N-dealkylation sites (N-methyl/N-ethyl adjacent to an activating group) is 1. The Hall–Kier alpha value is -0.0800. The van der Waals surface area contributed by atoms with Gasteiger partial charge in [0, 0.05) is 14.5 Å². The summed E-state index contributed by atoms with van der Waals surface area (Å²) < 4.78 is 0. The smallest absolute Gasteiger partial charge is 0.0107 e. The van der Waals surface area contributed by atoms with Gasteiger partial charge in [-0.05, 0) is 33.0 Å². The topological polar surface area (TPSA) is 15.3 Å². The maximum Gasteiger partial charge on any atom is 0.0107 e. The number of rotatable bonds is 7. The van der Waals surface area contributed by atoms with Gasteiger partial charge in [0.1, 0.15) is 0 Å². The van der Waals surface area contributed by atoms with Gasteiger partial charge in [-0.1, -0.05) is 13.8 Å². The van der Waals surface area contributed by atoms with Crippen molar-refractivity contribution in [3.63, 3.8) is 0 Å². The van der Waals surface area contributed by atoms with Crippen molar-refractivity contribution in [2.24, 2.45) is 0 Å². The largest absolute Gasteiger partial charge is 0.318 e. The van der Waals surface area contributed by atoms with Crippen molar-refractivity contribution < 1.29 is 1.43 Å². The van der Waals surface area contributed by atoms with Crippen molar-refractivity contribution in [1.29, 1.82) is 0 Å². The Labute approximate surface area is 72.5 Å². The van der Waals surface area contributed by atoms with Crippen LogP contribution in [-0.2, 0) is 0 Å². The van der Waals surface area contributed by atoms with Gasteiger partial charge in [-0.2, -0.15) is 0 Å². The zero-order valence-corrected chi connectivity index (χ0v) is 8.19. The highest BCUT2D eigenvalue weighted by molar-refractivity contribution is 4.56. The molecule has 1 N–H and O–H groups in total. The van der Waals surface area contributed by atoms with Crippen LogP contribution in [0, 0.1) is 0 Å². The zero-order valence-electron chi connectivity index (χ0n) is 8.19. The molecule has 0 aliphatic heterocycles. The van der Waals surface area contributed by atoms with E-state index < -0.39 is 0 Å². The third-order valence-corrected chi connectivity index (χ3v) is 1.76. The molecule has 0 saturated heterocycles. The molecule has 70 valence electrons. The second-order valence-corrected chi connectivity index (χ2v) is 2.95. The number of hydrogen-bond donors (Lipinski definition) is 1. The first-order valence-corrected chi connectivity index (χ1v) is 4.72. The Morgan fingerprint density at radius 1 is 1.09 bits per heavy atom. The van der Waals surface area contributed by atoms with E-state index in [2.05, 4.69) is 24.1 Å². The molecule has 0 aliphatic carbocycles. The molecular formula is C9H24N2. The molecule has 2 heteroatoms. The fourth-order valence-corrected chi connectivity index (χ4v) is 1.24. The molecule has 0 heterocycles. The zero-order chi connectivity index (χ0) is 8.53. The van der Waals surface area contributed by atoms with Gasteiger partial charge in [0.05, 0.1) is 0 Å². The molecule has 0 radical (unpaired) electrons.